The number of hydrogen-bond donors (Lipinski definition) is 0. The van der Waals surface area contributed by atoms with Crippen LogP contribution in [-0.2, 0) is 9.47 Å². The third-order valence-corrected chi connectivity index (χ3v) is 7.31. The maximum atomic E-state index is 6.17. The molecule has 3 fully saturated rings. The van der Waals surface area contributed by atoms with Crippen molar-refractivity contribution in [3.8, 4) is 0 Å². The van der Waals surface area contributed by atoms with E-state index in [0.29, 0.717) is 29.3 Å². The van der Waals surface area contributed by atoms with Gasteiger partial charge in [-0.05, 0) is 37.5 Å². The molecule has 1 heterocycles. The van der Waals surface area contributed by atoms with Crippen molar-refractivity contribution < 1.29 is 9.47 Å². The van der Waals surface area contributed by atoms with E-state index in [-0.39, 0.29) is 11.0 Å². The van der Waals surface area contributed by atoms with Crippen LogP contribution < -0.4 is 0 Å². The molecule has 1 aliphatic heterocycles. The largest absolute Gasteiger partial charge is 0.384 e. The molecule has 5 rings (SSSR count). The highest BCUT2D eigenvalue weighted by molar-refractivity contribution is 5.30. The lowest BCUT2D eigenvalue weighted by molar-refractivity contribution is -0.158. The minimum atomic E-state index is 0.0704. The smallest absolute Gasteiger partial charge is 0.0989 e. The van der Waals surface area contributed by atoms with Crippen molar-refractivity contribution in [2.24, 2.45) is 28.6 Å². The van der Waals surface area contributed by atoms with E-state index in [1.807, 2.05) is 7.11 Å². The van der Waals surface area contributed by atoms with Crippen molar-refractivity contribution in [3.05, 3.63) is 24.3 Å². The molecule has 6 unspecified atom stereocenters. The van der Waals surface area contributed by atoms with Crippen LogP contribution in [-0.4, -0.2) is 25.4 Å². The van der Waals surface area contributed by atoms with Gasteiger partial charge in [-0.1, -0.05) is 38.2 Å². The van der Waals surface area contributed by atoms with Crippen LogP contribution in [0.4, 0.5) is 0 Å². The lowest BCUT2D eigenvalue weighted by Crippen LogP contribution is -2.59. The summed E-state index contributed by atoms with van der Waals surface area (Å²) < 4.78 is 11.9. The van der Waals surface area contributed by atoms with Gasteiger partial charge in [-0.15, -0.1) is 0 Å². The Morgan fingerprint density at radius 3 is 2.71 bits per heavy atom. The molecule has 4 aliphatic carbocycles. The third kappa shape index (κ3) is 1.61. The maximum Gasteiger partial charge on any atom is 0.0989 e. The molecule has 2 nitrogen and oxygen atoms in total. The van der Waals surface area contributed by atoms with Gasteiger partial charge in [0.05, 0.1) is 18.3 Å². The van der Waals surface area contributed by atoms with Gasteiger partial charge in [0.25, 0.3) is 0 Å². The van der Waals surface area contributed by atoms with E-state index in [9.17, 15) is 0 Å². The zero-order valence-corrected chi connectivity index (χ0v) is 13.8. The fourth-order valence-electron chi connectivity index (χ4n) is 5.72. The first-order valence-electron chi connectivity index (χ1n) is 8.37. The van der Waals surface area contributed by atoms with E-state index in [0.717, 1.165) is 13.0 Å². The number of ether oxygens (including phenoxy) is 2. The summed E-state index contributed by atoms with van der Waals surface area (Å²) in [5.74, 6) is 1.70. The summed E-state index contributed by atoms with van der Waals surface area (Å²) in [7, 11) is 1.85. The van der Waals surface area contributed by atoms with E-state index in [1.54, 1.807) is 0 Å². The Balaban J connectivity index is 1.78. The predicted octanol–water partition coefficient (Wildman–Crippen LogP) is 3.98. The number of epoxide rings is 1. The van der Waals surface area contributed by atoms with Crippen molar-refractivity contribution >= 4 is 0 Å². The van der Waals surface area contributed by atoms with Crippen molar-refractivity contribution in [2.45, 2.75) is 51.7 Å². The summed E-state index contributed by atoms with van der Waals surface area (Å²) in [6.07, 6.45) is 8.80. The van der Waals surface area contributed by atoms with Gasteiger partial charge in [0.2, 0.25) is 0 Å². The Labute approximate surface area is 128 Å². The van der Waals surface area contributed by atoms with Crippen molar-refractivity contribution in [2.75, 3.05) is 13.7 Å². The van der Waals surface area contributed by atoms with E-state index in [1.165, 1.54) is 18.4 Å². The molecular weight excluding hydrogens is 260 g/mol. The van der Waals surface area contributed by atoms with Gasteiger partial charge in [-0.25, -0.2) is 0 Å². The van der Waals surface area contributed by atoms with Crippen LogP contribution >= 0.6 is 0 Å². The second kappa shape index (κ2) is 4.02. The summed E-state index contributed by atoms with van der Waals surface area (Å²) in [5.41, 5.74) is 2.06. The molecule has 1 saturated heterocycles. The molecule has 2 saturated carbocycles. The molecule has 0 aromatic rings. The van der Waals surface area contributed by atoms with Gasteiger partial charge in [0, 0.05) is 24.4 Å². The van der Waals surface area contributed by atoms with Gasteiger partial charge in [-0.3, -0.25) is 0 Å². The molecule has 0 aromatic heterocycles. The Hall–Kier alpha value is -0.600. The Bertz CT molecular complexity index is 520. The minimum absolute atomic E-state index is 0.0704. The molecule has 2 heteroatoms. The standard InChI is InChI=1S/C19H28O2/c1-12-8-13-6-7-14(18(4)16(13)21-18)9-19(11-20-5)15(12)10-17(19,2)3/h6-7,13-16H,1,8-11H2,2-5H3. The molecule has 5 aliphatic rings. The van der Waals surface area contributed by atoms with Crippen LogP contribution in [0.1, 0.15) is 40.0 Å². The van der Waals surface area contributed by atoms with E-state index < -0.39 is 0 Å². The number of rotatable bonds is 2. The Morgan fingerprint density at radius 1 is 1.29 bits per heavy atom. The highest BCUT2D eigenvalue weighted by atomic mass is 16.6. The van der Waals surface area contributed by atoms with Crippen LogP contribution in [0, 0.1) is 28.6 Å². The highest BCUT2D eigenvalue weighted by Crippen LogP contribution is 2.69. The molecule has 116 valence electrons. The summed E-state index contributed by atoms with van der Waals surface area (Å²) in [4.78, 5) is 0. The number of hydrogen-bond acceptors (Lipinski definition) is 2. The quantitative estimate of drug-likeness (QED) is 0.566. The van der Waals surface area contributed by atoms with Crippen molar-refractivity contribution in [1.29, 1.82) is 0 Å². The number of allylic oxidation sites excluding steroid dienone is 1. The van der Waals surface area contributed by atoms with Crippen LogP contribution in [0.2, 0.25) is 0 Å². The van der Waals surface area contributed by atoms with Gasteiger partial charge in [-0.2, -0.15) is 0 Å². The van der Waals surface area contributed by atoms with Gasteiger partial charge in [0.1, 0.15) is 0 Å². The minimum Gasteiger partial charge on any atom is -0.384 e. The average Bonchev–Trinajstić information content (AvgIpc) is 3.10. The topological polar surface area (TPSA) is 21.8 Å². The molecule has 0 N–H and O–H groups in total. The van der Waals surface area contributed by atoms with Crippen molar-refractivity contribution in [3.63, 3.8) is 0 Å². The van der Waals surface area contributed by atoms with E-state index in [4.69, 9.17) is 9.47 Å². The van der Waals surface area contributed by atoms with Gasteiger partial charge >= 0.3 is 0 Å². The molecule has 21 heavy (non-hydrogen) atoms. The Kier molecular flexibility index (Phi) is 2.69. The molecule has 2 bridgehead atoms. The first-order chi connectivity index (χ1) is 9.84. The van der Waals surface area contributed by atoms with Crippen LogP contribution in [0.5, 0.6) is 0 Å². The maximum absolute atomic E-state index is 6.17. The summed E-state index contributed by atoms with van der Waals surface area (Å²) in [6.45, 7) is 12.5. The number of methoxy groups -OCH3 is 1. The van der Waals surface area contributed by atoms with Crippen LogP contribution in [0.25, 0.3) is 0 Å². The Morgan fingerprint density at radius 2 is 2.05 bits per heavy atom. The highest BCUT2D eigenvalue weighted by Gasteiger charge is 2.68. The monoisotopic (exact) mass is 288 g/mol. The molecule has 0 spiro atoms. The van der Waals surface area contributed by atoms with Gasteiger partial charge < -0.3 is 9.47 Å². The lowest BCUT2D eigenvalue weighted by Gasteiger charge is -2.63. The summed E-state index contributed by atoms with van der Waals surface area (Å²) >= 11 is 0. The lowest BCUT2D eigenvalue weighted by atomic mass is 9.41. The first kappa shape index (κ1) is 14.0. The molecule has 0 amide bonds. The fourth-order valence-corrected chi connectivity index (χ4v) is 5.72. The average molecular weight is 288 g/mol. The van der Waals surface area contributed by atoms with Crippen molar-refractivity contribution in [1.82, 2.24) is 0 Å². The second-order valence-electron chi connectivity index (χ2n) is 8.67. The second-order valence-corrected chi connectivity index (χ2v) is 8.67. The summed E-state index contributed by atoms with van der Waals surface area (Å²) in [6, 6.07) is 0. The zero-order chi connectivity index (χ0) is 15.0. The predicted molar refractivity (Wildman–Crippen MR) is 84.0 cm³/mol. The van der Waals surface area contributed by atoms with Crippen LogP contribution in [0.3, 0.4) is 0 Å². The third-order valence-electron chi connectivity index (χ3n) is 7.31. The SMILES string of the molecule is C=C1CC2C=CC(CC3(COC)C1CC3(C)C)C1(C)OC21. The molecule has 0 radical (unpaired) electrons. The molecule has 6 atom stereocenters. The van der Waals surface area contributed by atoms with Gasteiger partial charge in [0.15, 0.2) is 0 Å². The first-order valence-corrected chi connectivity index (χ1v) is 8.37. The van der Waals surface area contributed by atoms with E-state index in [2.05, 4.69) is 39.5 Å². The molecule has 0 aromatic carbocycles. The van der Waals surface area contributed by atoms with E-state index >= 15 is 0 Å². The normalized spacial score (nSPS) is 53.0. The fraction of sp³-hybridized carbons (Fsp3) is 0.789. The van der Waals surface area contributed by atoms with Crippen LogP contribution in [0.15, 0.2) is 24.3 Å². The number of fused-ring (bicyclic) bond motifs is 1. The summed E-state index contributed by atoms with van der Waals surface area (Å²) in [5, 5.41) is 0. The zero-order valence-electron chi connectivity index (χ0n) is 13.8. The molecular formula is C19H28O2.